The third-order valence-electron chi connectivity index (χ3n) is 6.16. The summed E-state index contributed by atoms with van der Waals surface area (Å²) in [6.45, 7) is 0.0966. The maximum Gasteiger partial charge on any atom is 0.264 e. The molecule has 3 aromatic carbocycles. The lowest BCUT2D eigenvalue weighted by atomic mass is 9.77. The van der Waals surface area contributed by atoms with Crippen LogP contribution in [0.4, 0.5) is 15.9 Å². The van der Waals surface area contributed by atoms with Crippen molar-refractivity contribution in [2.45, 2.75) is 18.8 Å². The van der Waals surface area contributed by atoms with Crippen molar-refractivity contribution in [1.29, 1.82) is 0 Å². The van der Waals surface area contributed by atoms with Crippen LogP contribution in [0.3, 0.4) is 0 Å². The van der Waals surface area contributed by atoms with Crippen LogP contribution in [0.1, 0.15) is 28.2 Å². The summed E-state index contributed by atoms with van der Waals surface area (Å²) < 4.78 is 41.9. The molecule has 5 nitrogen and oxygen atoms in total. The third-order valence-corrected chi connectivity index (χ3v) is 6.76. The molecule has 0 radical (unpaired) electrons. The Labute approximate surface area is 204 Å². The summed E-state index contributed by atoms with van der Waals surface area (Å²) in [6, 6.07) is 26.7. The Morgan fingerprint density at radius 1 is 0.971 bits per heavy atom. The molecule has 1 atom stereocenters. The number of rotatable bonds is 7. The summed E-state index contributed by atoms with van der Waals surface area (Å²) in [4.78, 5) is 4.92. The van der Waals surface area contributed by atoms with Gasteiger partial charge in [-0.1, -0.05) is 60.7 Å². The Hall–Kier alpha value is -3.55. The molecule has 5 rings (SSSR count). The minimum Gasteiger partial charge on any atom is -0.340 e. The average molecular weight is 489 g/mol. The van der Waals surface area contributed by atoms with Gasteiger partial charge in [0.1, 0.15) is 11.6 Å². The van der Waals surface area contributed by atoms with Crippen molar-refractivity contribution in [3.8, 4) is 11.3 Å². The highest BCUT2D eigenvalue weighted by Gasteiger charge is 2.28. The topological polar surface area (TPSA) is 68.3 Å². The van der Waals surface area contributed by atoms with E-state index in [-0.39, 0.29) is 18.3 Å². The SMILES string of the molecule is CS(=O)(=O)OCCc1cccc(Nc2ccc3c(n2)-c2ccccc2[C@H](c2ccccc2F)C3)c1. The van der Waals surface area contributed by atoms with Gasteiger partial charge in [-0.3, -0.25) is 4.18 Å². The van der Waals surface area contributed by atoms with Gasteiger partial charge >= 0.3 is 0 Å². The zero-order valence-corrected chi connectivity index (χ0v) is 20.1. The van der Waals surface area contributed by atoms with E-state index in [0.29, 0.717) is 24.2 Å². The molecule has 1 aliphatic rings. The Morgan fingerprint density at radius 3 is 2.54 bits per heavy atom. The molecule has 0 saturated heterocycles. The molecule has 0 unspecified atom stereocenters. The first kappa shape index (κ1) is 23.2. The number of nitrogens with one attached hydrogen (secondary N) is 1. The first-order chi connectivity index (χ1) is 16.9. The van der Waals surface area contributed by atoms with Crippen LogP contribution >= 0.6 is 0 Å². The number of fused-ring (bicyclic) bond motifs is 3. The van der Waals surface area contributed by atoms with Gasteiger partial charge < -0.3 is 5.32 Å². The Balaban J connectivity index is 1.41. The number of aromatic nitrogens is 1. The fourth-order valence-corrected chi connectivity index (χ4v) is 4.99. The quantitative estimate of drug-likeness (QED) is 0.331. The number of halogens is 1. The lowest BCUT2D eigenvalue weighted by molar-refractivity contribution is 0.326. The third kappa shape index (κ3) is 5.26. The van der Waals surface area contributed by atoms with Gasteiger partial charge in [-0.05, 0) is 59.4 Å². The van der Waals surface area contributed by atoms with Gasteiger partial charge in [-0.15, -0.1) is 0 Å². The normalized spacial score (nSPS) is 14.7. The first-order valence-corrected chi connectivity index (χ1v) is 13.2. The van der Waals surface area contributed by atoms with Crippen molar-refractivity contribution in [3.63, 3.8) is 0 Å². The number of pyridine rings is 1. The van der Waals surface area contributed by atoms with Gasteiger partial charge in [0, 0.05) is 17.2 Å². The molecule has 0 fully saturated rings. The van der Waals surface area contributed by atoms with Crippen molar-refractivity contribution in [2.24, 2.45) is 0 Å². The smallest absolute Gasteiger partial charge is 0.264 e. The summed E-state index contributed by atoms with van der Waals surface area (Å²) in [5.74, 6) is 0.447. The second-order valence-corrected chi connectivity index (χ2v) is 10.3. The maximum atomic E-state index is 14.7. The van der Waals surface area contributed by atoms with Gasteiger partial charge in [0.05, 0.1) is 18.6 Å². The molecule has 1 N–H and O–H groups in total. The van der Waals surface area contributed by atoms with Crippen LogP contribution in [0, 0.1) is 5.82 Å². The van der Waals surface area contributed by atoms with Crippen LogP contribution in [-0.2, 0) is 27.1 Å². The molecule has 1 aromatic heterocycles. The highest BCUT2D eigenvalue weighted by molar-refractivity contribution is 7.85. The average Bonchev–Trinajstić information content (AvgIpc) is 2.84. The van der Waals surface area contributed by atoms with Crippen LogP contribution in [0.2, 0.25) is 0 Å². The molecule has 0 amide bonds. The van der Waals surface area contributed by atoms with Crippen LogP contribution < -0.4 is 5.32 Å². The van der Waals surface area contributed by atoms with Gasteiger partial charge in [0.2, 0.25) is 0 Å². The standard InChI is InChI=1S/C28H25FN2O3S/c1-35(32,33)34-16-15-19-7-6-8-21(17-19)30-27-14-13-20-18-25(23-10-4-5-12-26(23)29)22-9-2-3-11-24(22)28(20)31-27/h2-14,17,25H,15-16,18H2,1H3,(H,30,31)/t25-/m1/s1. The van der Waals surface area contributed by atoms with E-state index >= 15 is 0 Å². The van der Waals surface area contributed by atoms with E-state index in [4.69, 9.17) is 9.17 Å². The molecule has 178 valence electrons. The number of hydrogen-bond donors (Lipinski definition) is 1. The molecule has 0 saturated carbocycles. The van der Waals surface area contributed by atoms with E-state index < -0.39 is 10.1 Å². The predicted molar refractivity (Wildman–Crippen MR) is 136 cm³/mol. The number of hydrogen-bond acceptors (Lipinski definition) is 5. The van der Waals surface area contributed by atoms with E-state index in [2.05, 4.69) is 17.4 Å². The molecule has 1 heterocycles. The van der Waals surface area contributed by atoms with Gasteiger partial charge in [0.25, 0.3) is 10.1 Å². The maximum absolute atomic E-state index is 14.7. The summed E-state index contributed by atoms with van der Waals surface area (Å²) in [5.41, 5.74) is 6.56. The molecular weight excluding hydrogens is 463 g/mol. The molecule has 1 aliphatic carbocycles. The zero-order valence-electron chi connectivity index (χ0n) is 19.2. The molecule has 0 spiro atoms. The van der Waals surface area contributed by atoms with E-state index in [0.717, 1.165) is 39.9 Å². The van der Waals surface area contributed by atoms with E-state index in [1.807, 2.05) is 60.7 Å². The number of nitrogens with zero attached hydrogens (tertiary/aromatic N) is 1. The lowest BCUT2D eigenvalue weighted by Gasteiger charge is -2.28. The Bertz CT molecular complexity index is 1490. The molecule has 0 bridgehead atoms. The second kappa shape index (κ2) is 9.60. The fourth-order valence-electron chi connectivity index (χ4n) is 4.60. The zero-order chi connectivity index (χ0) is 24.4. The van der Waals surface area contributed by atoms with Crippen molar-refractivity contribution < 1.29 is 17.0 Å². The van der Waals surface area contributed by atoms with Crippen molar-refractivity contribution in [3.05, 3.63) is 113 Å². The minimum atomic E-state index is -3.46. The van der Waals surface area contributed by atoms with Crippen LogP contribution in [-0.4, -0.2) is 26.3 Å². The largest absolute Gasteiger partial charge is 0.340 e. The second-order valence-electron chi connectivity index (χ2n) is 8.67. The summed E-state index contributed by atoms with van der Waals surface area (Å²) in [6.07, 6.45) is 2.20. The molecular formula is C28H25FN2O3S. The Kier molecular flexibility index (Phi) is 6.36. The minimum absolute atomic E-state index is 0.0636. The monoisotopic (exact) mass is 488 g/mol. The molecule has 7 heteroatoms. The van der Waals surface area contributed by atoms with Crippen LogP contribution in [0.15, 0.2) is 84.9 Å². The number of anilines is 2. The van der Waals surface area contributed by atoms with Crippen LogP contribution in [0.5, 0.6) is 0 Å². The van der Waals surface area contributed by atoms with Crippen molar-refractivity contribution >= 4 is 21.6 Å². The number of benzene rings is 3. The van der Waals surface area contributed by atoms with E-state index in [1.165, 1.54) is 6.07 Å². The molecule has 0 aliphatic heterocycles. The van der Waals surface area contributed by atoms with Gasteiger partial charge in [-0.2, -0.15) is 8.42 Å². The van der Waals surface area contributed by atoms with Crippen molar-refractivity contribution in [2.75, 3.05) is 18.2 Å². The highest BCUT2D eigenvalue weighted by Crippen LogP contribution is 2.42. The van der Waals surface area contributed by atoms with E-state index in [1.54, 1.807) is 6.07 Å². The van der Waals surface area contributed by atoms with Crippen LogP contribution in [0.25, 0.3) is 11.3 Å². The Morgan fingerprint density at radius 2 is 1.74 bits per heavy atom. The summed E-state index contributed by atoms with van der Waals surface area (Å²) in [7, 11) is -3.46. The highest BCUT2D eigenvalue weighted by atomic mass is 32.2. The summed E-state index contributed by atoms with van der Waals surface area (Å²) >= 11 is 0. The predicted octanol–water partition coefficient (Wildman–Crippen LogP) is 5.84. The van der Waals surface area contributed by atoms with Crippen molar-refractivity contribution in [1.82, 2.24) is 4.98 Å². The molecule has 4 aromatic rings. The fraction of sp³-hybridized carbons (Fsp3) is 0.179. The first-order valence-electron chi connectivity index (χ1n) is 11.4. The van der Waals surface area contributed by atoms with Gasteiger partial charge in [-0.25, -0.2) is 9.37 Å². The lowest BCUT2D eigenvalue weighted by Crippen LogP contribution is -2.15. The van der Waals surface area contributed by atoms with Gasteiger partial charge in [0.15, 0.2) is 0 Å². The molecule has 35 heavy (non-hydrogen) atoms. The summed E-state index contributed by atoms with van der Waals surface area (Å²) in [5, 5.41) is 3.35. The van der Waals surface area contributed by atoms with E-state index in [9.17, 15) is 12.8 Å².